The van der Waals surface area contributed by atoms with E-state index in [-0.39, 0.29) is 0 Å². The zero-order valence-electron chi connectivity index (χ0n) is 7.35. The third-order valence-corrected chi connectivity index (χ3v) is 2.62. The van der Waals surface area contributed by atoms with E-state index in [1.807, 2.05) is 0 Å². The highest BCUT2D eigenvalue weighted by Gasteiger charge is 2.32. The summed E-state index contributed by atoms with van der Waals surface area (Å²) in [5.74, 6) is 2.65. The van der Waals surface area contributed by atoms with Crippen LogP contribution < -0.4 is 0 Å². The van der Waals surface area contributed by atoms with Gasteiger partial charge in [0.25, 0.3) is 0 Å². The smallest absolute Gasteiger partial charge is 0.0263 e. The van der Waals surface area contributed by atoms with Crippen LogP contribution >= 0.6 is 0 Å². The Bertz CT molecular complexity index is 133. The van der Waals surface area contributed by atoms with Crippen LogP contribution in [-0.2, 0) is 0 Å². The molecule has 0 aliphatic heterocycles. The molecule has 58 valence electrons. The van der Waals surface area contributed by atoms with Gasteiger partial charge in [0.1, 0.15) is 0 Å². The zero-order chi connectivity index (χ0) is 7.72. The van der Waals surface area contributed by atoms with Gasteiger partial charge in [0.2, 0.25) is 0 Å². The molecule has 0 saturated heterocycles. The molecule has 1 rings (SSSR count). The third-order valence-electron chi connectivity index (χ3n) is 2.62. The molecule has 0 nitrogen and oxygen atoms in total. The van der Waals surface area contributed by atoms with Crippen molar-refractivity contribution in [3.63, 3.8) is 0 Å². The molecular weight excluding hydrogens is 120 g/mol. The average Bonchev–Trinajstić information content (AvgIpc) is 2.46. The Morgan fingerprint density at radius 2 is 2.10 bits per heavy atom. The summed E-state index contributed by atoms with van der Waals surface area (Å²) in [6.45, 7) is 10.9. The monoisotopic (exact) mass is 138 g/mol. The second-order valence-corrected chi connectivity index (χ2v) is 3.99. The molecule has 1 fully saturated rings. The highest BCUT2D eigenvalue weighted by Crippen LogP contribution is 2.43. The van der Waals surface area contributed by atoms with Crippen LogP contribution in [0.25, 0.3) is 0 Å². The molecule has 0 heterocycles. The predicted octanol–water partition coefficient (Wildman–Crippen LogP) is 3.24. The second-order valence-electron chi connectivity index (χ2n) is 3.99. The van der Waals surface area contributed by atoms with Gasteiger partial charge in [-0.25, -0.2) is 0 Å². The van der Waals surface area contributed by atoms with E-state index in [0.29, 0.717) is 5.92 Å². The van der Waals surface area contributed by atoms with Crippen molar-refractivity contribution in [3.8, 4) is 0 Å². The summed E-state index contributed by atoms with van der Waals surface area (Å²) in [5.41, 5.74) is 1.44. The van der Waals surface area contributed by atoms with Crippen LogP contribution in [0.4, 0.5) is 0 Å². The minimum atomic E-state index is 0.688. The Labute approximate surface area is 64.3 Å². The molecule has 0 aromatic carbocycles. The molecule has 2 unspecified atom stereocenters. The average molecular weight is 138 g/mol. The van der Waals surface area contributed by atoms with Crippen LogP contribution in [0.3, 0.4) is 0 Å². The van der Waals surface area contributed by atoms with Gasteiger partial charge in [-0.1, -0.05) is 32.9 Å². The summed E-state index contributed by atoms with van der Waals surface area (Å²) < 4.78 is 0. The van der Waals surface area contributed by atoms with Gasteiger partial charge in [-0.2, -0.15) is 0 Å². The van der Waals surface area contributed by atoms with Crippen molar-refractivity contribution < 1.29 is 0 Å². The summed E-state index contributed by atoms with van der Waals surface area (Å²) in [5, 5.41) is 0. The summed E-state index contributed by atoms with van der Waals surface area (Å²) in [7, 11) is 0. The van der Waals surface area contributed by atoms with E-state index in [4.69, 9.17) is 0 Å². The van der Waals surface area contributed by atoms with Crippen LogP contribution in [0.1, 0.15) is 33.6 Å². The van der Waals surface area contributed by atoms with Crippen molar-refractivity contribution in [1.82, 2.24) is 0 Å². The quantitative estimate of drug-likeness (QED) is 0.525. The molecule has 0 heteroatoms. The van der Waals surface area contributed by atoms with Crippen LogP contribution in [0, 0.1) is 17.8 Å². The van der Waals surface area contributed by atoms with E-state index in [1.54, 1.807) is 0 Å². The van der Waals surface area contributed by atoms with Crippen molar-refractivity contribution in [1.29, 1.82) is 0 Å². The molecule has 0 radical (unpaired) electrons. The van der Waals surface area contributed by atoms with Crippen LogP contribution in [0.5, 0.6) is 0 Å². The topological polar surface area (TPSA) is 0 Å². The summed E-state index contributed by atoms with van der Waals surface area (Å²) in [4.78, 5) is 0. The molecule has 1 aliphatic carbocycles. The third kappa shape index (κ3) is 1.86. The Hall–Kier alpha value is -0.260. The molecule has 0 N–H and O–H groups in total. The fraction of sp³-hybridized carbons (Fsp3) is 0.800. The first-order chi connectivity index (χ1) is 4.61. The Morgan fingerprint density at radius 3 is 2.40 bits per heavy atom. The molecule has 1 saturated carbocycles. The van der Waals surface area contributed by atoms with Crippen LogP contribution in [-0.4, -0.2) is 0 Å². The first kappa shape index (κ1) is 7.84. The van der Waals surface area contributed by atoms with Gasteiger partial charge in [-0.05, 0) is 30.6 Å². The van der Waals surface area contributed by atoms with Gasteiger partial charge in [-0.15, -0.1) is 0 Å². The minimum absolute atomic E-state index is 0.688. The number of hydrogen-bond donors (Lipinski definition) is 0. The standard InChI is InChI=1S/C10H18/c1-7(2)8(3)5-10-6-9(10)4/h7,9-10H,3,5-6H2,1-2,4H3. The van der Waals surface area contributed by atoms with Gasteiger partial charge in [-0.3, -0.25) is 0 Å². The minimum Gasteiger partial charge on any atom is -0.0996 e. The Balaban J connectivity index is 2.20. The maximum atomic E-state index is 4.07. The summed E-state index contributed by atoms with van der Waals surface area (Å²) >= 11 is 0. The van der Waals surface area contributed by atoms with Crippen molar-refractivity contribution in [2.24, 2.45) is 17.8 Å². The summed E-state index contributed by atoms with van der Waals surface area (Å²) in [6, 6.07) is 0. The fourth-order valence-electron chi connectivity index (χ4n) is 1.26. The summed E-state index contributed by atoms with van der Waals surface area (Å²) in [6.07, 6.45) is 2.71. The van der Waals surface area contributed by atoms with Crippen LogP contribution in [0.2, 0.25) is 0 Å². The van der Waals surface area contributed by atoms with Gasteiger partial charge in [0, 0.05) is 0 Å². The van der Waals surface area contributed by atoms with Crippen molar-refractivity contribution in [2.45, 2.75) is 33.6 Å². The van der Waals surface area contributed by atoms with E-state index in [1.165, 1.54) is 18.4 Å². The molecule has 0 amide bonds. The van der Waals surface area contributed by atoms with E-state index >= 15 is 0 Å². The van der Waals surface area contributed by atoms with E-state index in [0.717, 1.165) is 11.8 Å². The normalized spacial score (nSPS) is 30.8. The second kappa shape index (κ2) is 2.77. The molecular formula is C10H18. The van der Waals surface area contributed by atoms with Crippen LogP contribution in [0.15, 0.2) is 12.2 Å². The number of hydrogen-bond acceptors (Lipinski definition) is 0. The van der Waals surface area contributed by atoms with E-state index < -0.39 is 0 Å². The molecule has 0 aromatic rings. The number of allylic oxidation sites excluding steroid dienone is 1. The first-order valence-corrected chi connectivity index (χ1v) is 4.29. The van der Waals surface area contributed by atoms with Crippen molar-refractivity contribution in [3.05, 3.63) is 12.2 Å². The largest absolute Gasteiger partial charge is 0.0996 e. The fourth-order valence-corrected chi connectivity index (χ4v) is 1.26. The molecule has 0 bridgehead atoms. The molecule has 2 atom stereocenters. The molecule has 0 spiro atoms. The zero-order valence-corrected chi connectivity index (χ0v) is 7.35. The first-order valence-electron chi connectivity index (χ1n) is 4.29. The van der Waals surface area contributed by atoms with Gasteiger partial charge in [0.05, 0.1) is 0 Å². The van der Waals surface area contributed by atoms with Gasteiger partial charge in [0.15, 0.2) is 0 Å². The highest BCUT2D eigenvalue weighted by molar-refractivity contribution is 5.03. The molecule has 0 aromatic heterocycles. The maximum Gasteiger partial charge on any atom is -0.0263 e. The Kier molecular flexibility index (Phi) is 2.18. The Morgan fingerprint density at radius 1 is 1.60 bits per heavy atom. The van der Waals surface area contributed by atoms with Gasteiger partial charge >= 0.3 is 0 Å². The lowest BCUT2D eigenvalue weighted by Crippen LogP contribution is -1.93. The SMILES string of the molecule is C=C(CC1CC1C)C(C)C. The lowest BCUT2D eigenvalue weighted by atomic mass is 9.99. The highest BCUT2D eigenvalue weighted by atomic mass is 14.4. The van der Waals surface area contributed by atoms with E-state index in [9.17, 15) is 0 Å². The predicted molar refractivity (Wildman–Crippen MR) is 45.9 cm³/mol. The van der Waals surface area contributed by atoms with E-state index in [2.05, 4.69) is 27.4 Å². The van der Waals surface area contributed by atoms with Gasteiger partial charge < -0.3 is 0 Å². The van der Waals surface area contributed by atoms with Crippen molar-refractivity contribution in [2.75, 3.05) is 0 Å². The van der Waals surface area contributed by atoms with Crippen molar-refractivity contribution >= 4 is 0 Å². The molecule has 10 heavy (non-hydrogen) atoms. The lowest BCUT2D eigenvalue weighted by Gasteiger charge is -2.07. The lowest BCUT2D eigenvalue weighted by molar-refractivity contribution is 0.651. The maximum absolute atomic E-state index is 4.07. The molecule has 1 aliphatic rings. The number of rotatable bonds is 3.